The van der Waals surface area contributed by atoms with Gasteiger partial charge in [-0.05, 0) is 37.6 Å². The van der Waals surface area contributed by atoms with Gasteiger partial charge in [-0.25, -0.2) is 4.79 Å². The van der Waals surface area contributed by atoms with Crippen LogP contribution in [0.4, 0.5) is 5.69 Å². The fourth-order valence-corrected chi connectivity index (χ4v) is 1.91. The summed E-state index contributed by atoms with van der Waals surface area (Å²) in [7, 11) is 1.38. The molecule has 3 nitrogen and oxygen atoms in total. The number of esters is 1. The molecule has 0 aliphatic heterocycles. The molecule has 15 heavy (non-hydrogen) atoms. The van der Waals surface area contributed by atoms with Crippen molar-refractivity contribution >= 4 is 27.6 Å². The quantitative estimate of drug-likeness (QED) is 0.860. The number of carbonyl (C=O) groups is 1. The summed E-state index contributed by atoms with van der Waals surface area (Å²) in [4.78, 5) is 11.2. The fourth-order valence-electron chi connectivity index (χ4n) is 1.31. The number of hydrogen-bond acceptors (Lipinski definition) is 3. The average molecular weight is 272 g/mol. The molecule has 0 aliphatic carbocycles. The van der Waals surface area contributed by atoms with Crippen molar-refractivity contribution in [2.75, 3.05) is 12.4 Å². The van der Waals surface area contributed by atoms with Gasteiger partial charge < -0.3 is 10.1 Å². The third-order valence-electron chi connectivity index (χ3n) is 1.98. The van der Waals surface area contributed by atoms with Crippen LogP contribution >= 0.6 is 15.9 Å². The van der Waals surface area contributed by atoms with E-state index in [-0.39, 0.29) is 12.0 Å². The summed E-state index contributed by atoms with van der Waals surface area (Å²) in [6.07, 6.45) is 0. The minimum atomic E-state index is -0.344. The zero-order valence-electron chi connectivity index (χ0n) is 9.00. The van der Waals surface area contributed by atoms with Gasteiger partial charge in [0.25, 0.3) is 0 Å². The van der Waals surface area contributed by atoms with E-state index in [1.54, 1.807) is 6.92 Å². The molecule has 0 amide bonds. The molecule has 1 atom stereocenters. The Labute approximate surface area is 97.9 Å². The van der Waals surface area contributed by atoms with E-state index in [2.05, 4.69) is 26.0 Å². The Bertz CT molecular complexity index is 345. The van der Waals surface area contributed by atoms with E-state index in [1.807, 2.05) is 25.1 Å². The number of anilines is 1. The van der Waals surface area contributed by atoms with Crippen molar-refractivity contribution < 1.29 is 9.53 Å². The molecule has 1 aromatic carbocycles. The summed E-state index contributed by atoms with van der Waals surface area (Å²) >= 11 is 3.40. The molecule has 1 N–H and O–H groups in total. The molecule has 0 bridgehead atoms. The molecule has 0 fully saturated rings. The highest BCUT2D eigenvalue weighted by atomic mass is 79.9. The van der Waals surface area contributed by atoms with Gasteiger partial charge in [0, 0.05) is 10.2 Å². The van der Waals surface area contributed by atoms with E-state index < -0.39 is 0 Å². The molecule has 0 radical (unpaired) electrons. The lowest BCUT2D eigenvalue weighted by molar-refractivity contribution is -0.141. The maximum absolute atomic E-state index is 11.2. The predicted octanol–water partition coefficient (Wildman–Crippen LogP) is 2.73. The molecule has 82 valence electrons. The fraction of sp³-hybridized carbons (Fsp3) is 0.364. The van der Waals surface area contributed by atoms with Crippen molar-refractivity contribution in [3.8, 4) is 0 Å². The summed E-state index contributed by atoms with van der Waals surface area (Å²) in [6.45, 7) is 3.76. The smallest absolute Gasteiger partial charge is 0.327 e. The minimum absolute atomic E-state index is 0.271. The van der Waals surface area contributed by atoms with E-state index in [4.69, 9.17) is 0 Å². The number of aryl methyl sites for hydroxylation is 1. The van der Waals surface area contributed by atoms with Gasteiger partial charge in [-0.1, -0.05) is 15.9 Å². The Morgan fingerprint density at radius 2 is 2.13 bits per heavy atom. The largest absolute Gasteiger partial charge is 0.467 e. The highest BCUT2D eigenvalue weighted by Crippen LogP contribution is 2.19. The third-order valence-corrected chi connectivity index (χ3v) is 2.44. The Hall–Kier alpha value is -1.03. The van der Waals surface area contributed by atoms with Gasteiger partial charge in [0.15, 0.2) is 0 Å². The molecule has 1 aromatic rings. The molecular weight excluding hydrogens is 258 g/mol. The van der Waals surface area contributed by atoms with Crippen molar-refractivity contribution in [3.63, 3.8) is 0 Å². The number of hydrogen-bond donors (Lipinski definition) is 1. The van der Waals surface area contributed by atoms with Gasteiger partial charge in [0.1, 0.15) is 6.04 Å². The summed E-state index contributed by atoms with van der Waals surface area (Å²) in [6, 6.07) is 5.56. The van der Waals surface area contributed by atoms with E-state index in [1.165, 1.54) is 7.11 Å². The van der Waals surface area contributed by atoms with Crippen LogP contribution in [-0.2, 0) is 9.53 Å². The molecule has 0 aliphatic rings. The summed E-state index contributed by atoms with van der Waals surface area (Å²) < 4.78 is 5.62. The zero-order chi connectivity index (χ0) is 11.4. The van der Waals surface area contributed by atoms with Crippen LogP contribution in [0.2, 0.25) is 0 Å². The molecule has 0 aromatic heterocycles. The van der Waals surface area contributed by atoms with Crippen LogP contribution < -0.4 is 5.32 Å². The Balaban J connectivity index is 2.76. The van der Waals surface area contributed by atoms with E-state index in [0.29, 0.717) is 0 Å². The minimum Gasteiger partial charge on any atom is -0.467 e. The van der Waals surface area contributed by atoms with Gasteiger partial charge in [-0.15, -0.1) is 0 Å². The number of halogens is 1. The molecule has 0 spiro atoms. The van der Waals surface area contributed by atoms with Crippen LogP contribution in [0.5, 0.6) is 0 Å². The number of benzene rings is 1. The van der Waals surface area contributed by atoms with Gasteiger partial charge in [0.2, 0.25) is 0 Å². The SMILES string of the molecule is COC(=O)C(C)Nc1cc(C)cc(Br)c1. The first-order valence-corrected chi connectivity index (χ1v) is 5.44. The van der Waals surface area contributed by atoms with E-state index in [0.717, 1.165) is 15.7 Å². The van der Waals surface area contributed by atoms with Crippen LogP contribution in [0.25, 0.3) is 0 Å². The second-order valence-electron chi connectivity index (χ2n) is 3.41. The van der Waals surface area contributed by atoms with E-state index >= 15 is 0 Å². The average Bonchev–Trinajstić information content (AvgIpc) is 2.14. The predicted molar refractivity (Wildman–Crippen MR) is 64.0 cm³/mol. The highest BCUT2D eigenvalue weighted by Gasteiger charge is 2.12. The number of nitrogens with one attached hydrogen (secondary N) is 1. The topological polar surface area (TPSA) is 38.3 Å². The van der Waals surface area contributed by atoms with Gasteiger partial charge >= 0.3 is 5.97 Å². The van der Waals surface area contributed by atoms with Crippen molar-refractivity contribution in [3.05, 3.63) is 28.2 Å². The normalized spacial score (nSPS) is 12.0. The maximum Gasteiger partial charge on any atom is 0.327 e. The Morgan fingerprint density at radius 1 is 1.47 bits per heavy atom. The molecule has 4 heteroatoms. The summed E-state index contributed by atoms with van der Waals surface area (Å²) in [5.41, 5.74) is 2.03. The molecular formula is C11H14BrNO2. The van der Waals surface area contributed by atoms with Gasteiger partial charge in [-0.2, -0.15) is 0 Å². The lowest BCUT2D eigenvalue weighted by Crippen LogP contribution is -2.27. The molecule has 0 saturated carbocycles. The molecule has 0 saturated heterocycles. The van der Waals surface area contributed by atoms with Crippen LogP contribution in [0.1, 0.15) is 12.5 Å². The molecule has 1 rings (SSSR count). The lowest BCUT2D eigenvalue weighted by atomic mass is 10.2. The number of methoxy groups -OCH3 is 1. The lowest BCUT2D eigenvalue weighted by Gasteiger charge is -2.13. The van der Waals surface area contributed by atoms with Crippen LogP contribution in [0.3, 0.4) is 0 Å². The van der Waals surface area contributed by atoms with Gasteiger partial charge in [0.05, 0.1) is 7.11 Å². The van der Waals surface area contributed by atoms with Crippen LogP contribution in [-0.4, -0.2) is 19.1 Å². The Kier molecular flexibility index (Phi) is 4.15. The summed E-state index contributed by atoms with van der Waals surface area (Å²) in [5, 5.41) is 3.07. The summed E-state index contributed by atoms with van der Waals surface area (Å²) in [5.74, 6) is -0.271. The maximum atomic E-state index is 11.2. The van der Waals surface area contributed by atoms with Crippen molar-refractivity contribution in [1.82, 2.24) is 0 Å². The number of carbonyl (C=O) groups excluding carboxylic acids is 1. The van der Waals surface area contributed by atoms with Crippen LogP contribution in [0.15, 0.2) is 22.7 Å². The number of rotatable bonds is 3. The third kappa shape index (κ3) is 3.55. The molecule has 1 unspecified atom stereocenters. The van der Waals surface area contributed by atoms with Gasteiger partial charge in [-0.3, -0.25) is 0 Å². The second-order valence-corrected chi connectivity index (χ2v) is 4.32. The molecule has 0 heterocycles. The van der Waals surface area contributed by atoms with Crippen molar-refractivity contribution in [2.24, 2.45) is 0 Å². The van der Waals surface area contributed by atoms with Crippen molar-refractivity contribution in [2.45, 2.75) is 19.9 Å². The van der Waals surface area contributed by atoms with E-state index in [9.17, 15) is 4.79 Å². The monoisotopic (exact) mass is 271 g/mol. The van der Waals surface area contributed by atoms with Crippen molar-refractivity contribution in [1.29, 1.82) is 0 Å². The first kappa shape index (κ1) is 12.0. The first-order valence-electron chi connectivity index (χ1n) is 4.64. The standard InChI is InChI=1S/C11H14BrNO2/c1-7-4-9(12)6-10(5-7)13-8(2)11(14)15-3/h4-6,8,13H,1-3H3. The first-order chi connectivity index (χ1) is 7.02. The second kappa shape index (κ2) is 5.16. The highest BCUT2D eigenvalue weighted by molar-refractivity contribution is 9.10. The van der Waals surface area contributed by atoms with Crippen LogP contribution in [0, 0.1) is 6.92 Å². The number of ether oxygens (including phenoxy) is 1. The zero-order valence-corrected chi connectivity index (χ0v) is 10.6. The Morgan fingerprint density at radius 3 is 2.67 bits per heavy atom.